The molecule has 1 aromatic carbocycles. The molecule has 16 heavy (non-hydrogen) atoms. The van der Waals surface area contributed by atoms with Crippen molar-refractivity contribution in [2.24, 2.45) is 0 Å². The van der Waals surface area contributed by atoms with Gasteiger partial charge in [-0.25, -0.2) is 9.88 Å². The van der Waals surface area contributed by atoms with Crippen LogP contribution in [0.1, 0.15) is 5.56 Å². The molecule has 0 unspecified atom stereocenters. The minimum Gasteiger partial charge on any atom is -0.330 e. The highest BCUT2D eigenvalue weighted by Crippen LogP contribution is 2.38. The van der Waals surface area contributed by atoms with Crippen molar-refractivity contribution < 1.29 is 4.79 Å². The number of carbonyl (C=O) groups excluding carboxylic acids is 1. The van der Waals surface area contributed by atoms with Crippen LogP contribution in [0.25, 0.3) is 5.57 Å². The van der Waals surface area contributed by atoms with Crippen LogP contribution in [0.4, 0.5) is 11.6 Å². The molecule has 0 aliphatic carbocycles. The van der Waals surface area contributed by atoms with Gasteiger partial charge in [-0.2, -0.15) is 0 Å². The van der Waals surface area contributed by atoms with Gasteiger partial charge < -0.3 is 4.98 Å². The minimum atomic E-state index is -0.129. The largest absolute Gasteiger partial charge is 0.330 e. The lowest BCUT2D eigenvalue weighted by atomic mass is 10.1. The second-order valence-electron chi connectivity index (χ2n) is 3.55. The van der Waals surface area contributed by atoms with Crippen LogP contribution in [-0.4, -0.2) is 15.9 Å². The van der Waals surface area contributed by atoms with Crippen molar-refractivity contribution >= 4 is 23.1 Å². The fraction of sp³-hybridized carbons (Fsp3) is 0. The molecule has 0 atom stereocenters. The Labute approximate surface area is 92.2 Å². The van der Waals surface area contributed by atoms with Crippen LogP contribution in [0, 0.1) is 0 Å². The zero-order valence-electron chi connectivity index (χ0n) is 8.47. The molecule has 1 amide bonds. The molecular weight excluding hydrogens is 202 g/mol. The fourth-order valence-electron chi connectivity index (χ4n) is 1.87. The molecule has 1 aliphatic heterocycles. The number of rotatable bonds is 1. The lowest BCUT2D eigenvalue weighted by molar-refractivity contribution is -0.112. The number of hydrogen-bond donors (Lipinski definition) is 1. The van der Waals surface area contributed by atoms with Crippen molar-refractivity contribution in [3.05, 3.63) is 48.8 Å². The molecule has 0 saturated carbocycles. The number of benzene rings is 1. The second kappa shape index (κ2) is 3.06. The first kappa shape index (κ1) is 8.91. The third-order valence-corrected chi connectivity index (χ3v) is 2.63. The number of amides is 1. The number of nitrogens with zero attached hydrogens (tertiary/aromatic N) is 2. The predicted octanol–water partition coefficient (Wildman–Crippen LogP) is 2.10. The van der Waals surface area contributed by atoms with E-state index in [-0.39, 0.29) is 5.91 Å². The summed E-state index contributed by atoms with van der Waals surface area (Å²) in [5.74, 6) is 0.396. The van der Waals surface area contributed by atoms with Gasteiger partial charge in [-0.05, 0) is 6.07 Å². The number of imidazole rings is 1. The van der Waals surface area contributed by atoms with Gasteiger partial charge >= 0.3 is 0 Å². The van der Waals surface area contributed by atoms with E-state index in [0.29, 0.717) is 11.5 Å². The van der Waals surface area contributed by atoms with E-state index in [9.17, 15) is 4.79 Å². The SMILES string of the molecule is C=C1C(=O)N(c2ncc[nH]2)c2ccccc21. The van der Waals surface area contributed by atoms with E-state index in [4.69, 9.17) is 0 Å². The fourth-order valence-corrected chi connectivity index (χ4v) is 1.87. The number of H-pyrrole nitrogens is 1. The molecule has 0 saturated heterocycles. The highest BCUT2D eigenvalue weighted by molar-refractivity contribution is 6.34. The molecule has 0 bridgehead atoms. The molecule has 1 aromatic heterocycles. The third kappa shape index (κ3) is 1.04. The number of fused-ring (bicyclic) bond motifs is 1. The van der Waals surface area contributed by atoms with Gasteiger partial charge in [0.1, 0.15) is 0 Å². The van der Waals surface area contributed by atoms with Gasteiger partial charge in [0.05, 0.1) is 5.69 Å². The van der Waals surface area contributed by atoms with Gasteiger partial charge in [0.25, 0.3) is 5.91 Å². The van der Waals surface area contributed by atoms with E-state index >= 15 is 0 Å². The van der Waals surface area contributed by atoms with Crippen molar-refractivity contribution in [1.29, 1.82) is 0 Å². The smallest absolute Gasteiger partial charge is 0.265 e. The Hall–Kier alpha value is -2.36. The Balaban J connectivity index is 2.22. The number of aromatic amines is 1. The van der Waals surface area contributed by atoms with Crippen LogP contribution in [0.5, 0.6) is 0 Å². The van der Waals surface area contributed by atoms with Gasteiger partial charge in [-0.15, -0.1) is 0 Å². The van der Waals surface area contributed by atoms with Gasteiger partial charge in [0.15, 0.2) is 0 Å². The number of hydrogen-bond acceptors (Lipinski definition) is 2. The first-order valence-electron chi connectivity index (χ1n) is 4.91. The van der Waals surface area contributed by atoms with E-state index in [1.807, 2.05) is 24.3 Å². The number of para-hydroxylation sites is 1. The maximum absolute atomic E-state index is 12.0. The van der Waals surface area contributed by atoms with E-state index in [2.05, 4.69) is 16.5 Å². The maximum atomic E-state index is 12.0. The van der Waals surface area contributed by atoms with Crippen LogP contribution in [0.15, 0.2) is 43.2 Å². The van der Waals surface area contributed by atoms with Crippen LogP contribution in [0.2, 0.25) is 0 Å². The van der Waals surface area contributed by atoms with Crippen molar-refractivity contribution in [3.8, 4) is 0 Å². The van der Waals surface area contributed by atoms with Crippen LogP contribution < -0.4 is 4.90 Å². The first-order chi connectivity index (χ1) is 7.79. The van der Waals surface area contributed by atoms with Gasteiger partial charge in [-0.1, -0.05) is 24.8 Å². The van der Waals surface area contributed by atoms with Crippen LogP contribution >= 0.6 is 0 Å². The topological polar surface area (TPSA) is 49.0 Å². The zero-order valence-corrected chi connectivity index (χ0v) is 8.47. The minimum absolute atomic E-state index is 0.129. The van der Waals surface area contributed by atoms with Gasteiger partial charge in [-0.3, -0.25) is 4.79 Å². The number of carbonyl (C=O) groups is 1. The molecule has 4 heteroatoms. The van der Waals surface area contributed by atoms with Crippen molar-refractivity contribution in [2.45, 2.75) is 0 Å². The summed E-state index contributed by atoms with van der Waals surface area (Å²) in [6.45, 7) is 3.80. The third-order valence-electron chi connectivity index (χ3n) is 2.63. The van der Waals surface area contributed by atoms with Crippen LogP contribution in [-0.2, 0) is 4.79 Å². The average Bonchev–Trinajstić information content (AvgIpc) is 2.89. The summed E-state index contributed by atoms with van der Waals surface area (Å²) in [6, 6.07) is 7.55. The number of nitrogens with one attached hydrogen (secondary N) is 1. The Kier molecular flexibility index (Phi) is 1.71. The molecular formula is C12H9N3O. The molecule has 1 aliphatic rings. The normalized spacial score (nSPS) is 14.4. The standard InChI is InChI=1S/C12H9N3O/c1-8-9-4-2-3-5-10(9)15(11(8)16)12-13-6-7-14-12/h2-7H,1H2,(H,13,14). The highest BCUT2D eigenvalue weighted by Gasteiger charge is 2.32. The van der Waals surface area contributed by atoms with Crippen molar-refractivity contribution in [3.63, 3.8) is 0 Å². The molecule has 2 aromatic rings. The quantitative estimate of drug-likeness (QED) is 0.734. The Morgan fingerprint density at radius 3 is 2.88 bits per heavy atom. The van der Waals surface area contributed by atoms with Gasteiger partial charge in [0.2, 0.25) is 5.95 Å². The summed E-state index contributed by atoms with van der Waals surface area (Å²) < 4.78 is 0. The summed E-state index contributed by atoms with van der Waals surface area (Å²) in [4.78, 5) is 20.6. The van der Waals surface area contributed by atoms with Crippen LogP contribution in [0.3, 0.4) is 0 Å². The Morgan fingerprint density at radius 2 is 2.12 bits per heavy atom. The molecule has 1 N–H and O–H groups in total. The number of aromatic nitrogens is 2. The van der Waals surface area contributed by atoms with E-state index in [1.54, 1.807) is 12.4 Å². The molecule has 78 valence electrons. The second-order valence-corrected chi connectivity index (χ2v) is 3.55. The zero-order chi connectivity index (χ0) is 11.1. The Morgan fingerprint density at radius 1 is 1.31 bits per heavy atom. The van der Waals surface area contributed by atoms with E-state index in [0.717, 1.165) is 11.3 Å². The monoisotopic (exact) mass is 211 g/mol. The summed E-state index contributed by atoms with van der Waals surface area (Å²) in [6.07, 6.45) is 3.30. The lowest BCUT2D eigenvalue weighted by Crippen LogP contribution is -2.21. The van der Waals surface area contributed by atoms with Crippen molar-refractivity contribution in [2.75, 3.05) is 4.90 Å². The maximum Gasteiger partial charge on any atom is 0.265 e. The van der Waals surface area contributed by atoms with Crippen molar-refractivity contribution in [1.82, 2.24) is 9.97 Å². The molecule has 0 radical (unpaired) electrons. The summed E-state index contributed by atoms with van der Waals surface area (Å²) in [5, 5.41) is 0. The molecule has 0 spiro atoms. The average molecular weight is 211 g/mol. The van der Waals surface area contributed by atoms with Gasteiger partial charge in [0, 0.05) is 23.5 Å². The summed E-state index contributed by atoms with van der Waals surface area (Å²) in [5.41, 5.74) is 2.20. The van der Waals surface area contributed by atoms with E-state index in [1.165, 1.54) is 4.90 Å². The highest BCUT2D eigenvalue weighted by atomic mass is 16.2. The summed E-state index contributed by atoms with van der Waals surface area (Å²) in [7, 11) is 0. The summed E-state index contributed by atoms with van der Waals surface area (Å²) >= 11 is 0. The molecule has 0 fully saturated rings. The number of anilines is 2. The van der Waals surface area contributed by atoms with E-state index < -0.39 is 0 Å². The first-order valence-corrected chi connectivity index (χ1v) is 4.91. The lowest BCUT2D eigenvalue weighted by Gasteiger charge is -2.12. The predicted molar refractivity (Wildman–Crippen MR) is 61.2 cm³/mol. The Bertz CT molecular complexity index is 572. The molecule has 2 heterocycles. The molecule has 4 nitrogen and oxygen atoms in total. The molecule has 3 rings (SSSR count).